The molecule has 0 aliphatic rings. The maximum atomic E-state index is 12.3. The fraction of sp³-hybridized carbons (Fsp3) is 0.500. The Hall–Kier alpha value is -1.60. The molecule has 118 valence electrons. The van der Waals surface area contributed by atoms with Crippen LogP contribution in [-0.2, 0) is 14.8 Å². The number of carbonyl (C=O) groups excluding carboxylic acids is 1. The van der Waals surface area contributed by atoms with Crippen molar-refractivity contribution in [3.05, 3.63) is 24.3 Å². The Bertz CT molecular complexity index is 569. The predicted molar refractivity (Wildman–Crippen MR) is 80.4 cm³/mol. The van der Waals surface area contributed by atoms with Crippen LogP contribution in [0.2, 0.25) is 0 Å². The molecule has 2 atom stereocenters. The number of rotatable bonds is 8. The molecule has 1 aromatic carbocycles. The van der Waals surface area contributed by atoms with E-state index in [0.29, 0.717) is 18.8 Å². The summed E-state index contributed by atoms with van der Waals surface area (Å²) >= 11 is 0. The first-order valence-corrected chi connectivity index (χ1v) is 8.34. The van der Waals surface area contributed by atoms with Crippen molar-refractivity contribution in [1.29, 1.82) is 0 Å². The Balaban J connectivity index is 2.96. The zero-order valence-electron chi connectivity index (χ0n) is 12.5. The number of ether oxygens (including phenoxy) is 1. The molecule has 21 heavy (non-hydrogen) atoms. The molecule has 0 aliphatic carbocycles. The molecule has 0 radical (unpaired) electrons. The van der Waals surface area contributed by atoms with E-state index >= 15 is 0 Å². The molecular formula is C14H22N2O4S. The molecule has 3 N–H and O–H groups in total. The highest BCUT2D eigenvalue weighted by Crippen LogP contribution is 2.17. The van der Waals surface area contributed by atoms with E-state index < -0.39 is 22.0 Å². The summed E-state index contributed by atoms with van der Waals surface area (Å²) in [4.78, 5) is 11.5. The van der Waals surface area contributed by atoms with Crippen LogP contribution in [-0.4, -0.2) is 27.0 Å². The molecule has 1 rings (SSSR count). The topological polar surface area (TPSA) is 98.5 Å². The zero-order chi connectivity index (χ0) is 16.0. The van der Waals surface area contributed by atoms with E-state index in [1.54, 1.807) is 19.1 Å². The highest BCUT2D eigenvalue weighted by molar-refractivity contribution is 7.89. The molecule has 0 spiro atoms. The zero-order valence-corrected chi connectivity index (χ0v) is 13.3. The number of benzene rings is 1. The monoisotopic (exact) mass is 314 g/mol. The Morgan fingerprint density at radius 2 is 1.86 bits per heavy atom. The lowest BCUT2D eigenvalue weighted by Crippen LogP contribution is -2.48. The Labute approximate surface area is 125 Å². The van der Waals surface area contributed by atoms with E-state index in [9.17, 15) is 13.2 Å². The van der Waals surface area contributed by atoms with Crippen molar-refractivity contribution < 1.29 is 17.9 Å². The van der Waals surface area contributed by atoms with Crippen LogP contribution in [0, 0.1) is 5.92 Å². The average molecular weight is 314 g/mol. The van der Waals surface area contributed by atoms with Gasteiger partial charge in [-0.05, 0) is 37.1 Å². The minimum atomic E-state index is -3.80. The lowest BCUT2D eigenvalue weighted by molar-refractivity contribution is -0.120. The first-order chi connectivity index (χ1) is 9.81. The molecule has 0 saturated heterocycles. The molecule has 0 bridgehead atoms. The summed E-state index contributed by atoms with van der Waals surface area (Å²) in [7, 11) is -3.80. The summed E-state index contributed by atoms with van der Waals surface area (Å²) in [5, 5.41) is 0. The first-order valence-electron chi connectivity index (χ1n) is 6.86. The van der Waals surface area contributed by atoms with E-state index in [1.807, 2.05) is 13.8 Å². The van der Waals surface area contributed by atoms with Gasteiger partial charge in [-0.15, -0.1) is 0 Å². The van der Waals surface area contributed by atoms with E-state index in [0.717, 1.165) is 0 Å². The first kappa shape index (κ1) is 17.5. The van der Waals surface area contributed by atoms with Gasteiger partial charge in [0, 0.05) is 0 Å². The fourth-order valence-corrected chi connectivity index (χ4v) is 3.12. The smallest absolute Gasteiger partial charge is 0.241 e. The van der Waals surface area contributed by atoms with Crippen molar-refractivity contribution >= 4 is 15.9 Å². The summed E-state index contributed by atoms with van der Waals surface area (Å²) < 4.78 is 32.2. The maximum Gasteiger partial charge on any atom is 0.241 e. The molecule has 0 saturated carbocycles. The van der Waals surface area contributed by atoms with Gasteiger partial charge in [-0.25, -0.2) is 8.42 Å². The van der Waals surface area contributed by atoms with Crippen molar-refractivity contribution in [3.63, 3.8) is 0 Å². The van der Waals surface area contributed by atoms with Gasteiger partial charge in [-0.3, -0.25) is 4.79 Å². The quantitative estimate of drug-likeness (QED) is 0.754. The third-order valence-corrected chi connectivity index (χ3v) is 4.70. The normalized spacial score (nSPS) is 14.4. The molecule has 6 nitrogen and oxygen atoms in total. The summed E-state index contributed by atoms with van der Waals surface area (Å²) in [6.45, 7) is 5.99. The molecule has 0 aromatic heterocycles. The molecule has 0 heterocycles. The minimum absolute atomic E-state index is 0.0699. The summed E-state index contributed by atoms with van der Waals surface area (Å²) in [5.41, 5.74) is 5.28. The number of nitrogens with one attached hydrogen (secondary N) is 1. The molecule has 2 unspecified atom stereocenters. The molecule has 0 fully saturated rings. The second-order valence-electron chi connectivity index (χ2n) is 4.79. The number of hydrogen-bond acceptors (Lipinski definition) is 4. The molecule has 1 aromatic rings. The Morgan fingerprint density at radius 1 is 1.29 bits per heavy atom. The van der Waals surface area contributed by atoms with Gasteiger partial charge in [-0.2, -0.15) is 4.72 Å². The largest absolute Gasteiger partial charge is 0.494 e. The van der Waals surface area contributed by atoms with Gasteiger partial charge in [0.2, 0.25) is 15.9 Å². The van der Waals surface area contributed by atoms with Gasteiger partial charge in [-0.1, -0.05) is 20.3 Å². The van der Waals surface area contributed by atoms with Gasteiger partial charge in [0.05, 0.1) is 11.5 Å². The lowest BCUT2D eigenvalue weighted by Gasteiger charge is -2.21. The van der Waals surface area contributed by atoms with E-state index in [1.165, 1.54) is 12.1 Å². The second-order valence-corrected chi connectivity index (χ2v) is 6.51. The highest BCUT2D eigenvalue weighted by atomic mass is 32.2. The fourth-order valence-electron chi connectivity index (χ4n) is 1.81. The van der Waals surface area contributed by atoms with Crippen LogP contribution in [0.5, 0.6) is 5.75 Å². The number of nitrogens with two attached hydrogens (primary N) is 1. The molecule has 0 aliphatic heterocycles. The van der Waals surface area contributed by atoms with Crippen LogP contribution >= 0.6 is 0 Å². The summed E-state index contributed by atoms with van der Waals surface area (Å²) in [6.07, 6.45) is 0.638. The van der Waals surface area contributed by atoms with Crippen LogP contribution in [0.15, 0.2) is 29.2 Å². The third-order valence-electron chi connectivity index (χ3n) is 3.25. The van der Waals surface area contributed by atoms with Crippen LogP contribution < -0.4 is 15.2 Å². The van der Waals surface area contributed by atoms with Gasteiger partial charge in [0.1, 0.15) is 11.8 Å². The van der Waals surface area contributed by atoms with E-state index in [-0.39, 0.29) is 10.8 Å². The summed E-state index contributed by atoms with van der Waals surface area (Å²) in [6, 6.07) is 5.08. The summed E-state index contributed by atoms with van der Waals surface area (Å²) in [5.74, 6) is -0.274. The standard InChI is InChI=1S/C14H22N2O4S/c1-4-10(3)13(14(15)17)16-21(18,19)12-8-6-11(7-9-12)20-5-2/h6-10,13,16H,4-5H2,1-3H3,(H2,15,17). The minimum Gasteiger partial charge on any atom is -0.494 e. The van der Waals surface area contributed by atoms with Gasteiger partial charge in [0.15, 0.2) is 0 Å². The molecular weight excluding hydrogens is 292 g/mol. The Kier molecular flexibility index (Phi) is 6.17. The third kappa shape index (κ3) is 4.71. The number of amides is 1. The van der Waals surface area contributed by atoms with Crippen LogP contribution in [0.25, 0.3) is 0 Å². The van der Waals surface area contributed by atoms with Crippen molar-refractivity contribution in [3.8, 4) is 5.75 Å². The van der Waals surface area contributed by atoms with Gasteiger partial charge < -0.3 is 10.5 Å². The van der Waals surface area contributed by atoms with Crippen LogP contribution in [0.1, 0.15) is 27.2 Å². The average Bonchev–Trinajstić information content (AvgIpc) is 2.44. The van der Waals surface area contributed by atoms with Crippen LogP contribution in [0.3, 0.4) is 0 Å². The van der Waals surface area contributed by atoms with Crippen molar-refractivity contribution in [2.45, 2.75) is 38.1 Å². The lowest BCUT2D eigenvalue weighted by atomic mass is 10.00. The van der Waals surface area contributed by atoms with Gasteiger partial charge >= 0.3 is 0 Å². The number of sulfonamides is 1. The van der Waals surface area contributed by atoms with Crippen molar-refractivity contribution in [2.24, 2.45) is 11.7 Å². The number of carbonyl (C=O) groups is 1. The van der Waals surface area contributed by atoms with E-state index in [4.69, 9.17) is 10.5 Å². The maximum absolute atomic E-state index is 12.3. The molecule has 7 heteroatoms. The van der Waals surface area contributed by atoms with E-state index in [2.05, 4.69) is 4.72 Å². The highest BCUT2D eigenvalue weighted by Gasteiger charge is 2.27. The number of hydrogen-bond donors (Lipinski definition) is 2. The SMILES string of the molecule is CCOc1ccc(S(=O)(=O)NC(C(N)=O)C(C)CC)cc1. The van der Waals surface area contributed by atoms with Gasteiger partial charge in [0.25, 0.3) is 0 Å². The van der Waals surface area contributed by atoms with Crippen molar-refractivity contribution in [2.75, 3.05) is 6.61 Å². The number of primary amides is 1. The predicted octanol–water partition coefficient (Wildman–Crippen LogP) is 1.26. The Morgan fingerprint density at radius 3 is 2.29 bits per heavy atom. The molecule has 1 amide bonds. The van der Waals surface area contributed by atoms with Crippen LogP contribution in [0.4, 0.5) is 0 Å². The van der Waals surface area contributed by atoms with Crippen molar-refractivity contribution in [1.82, 2.24) is 4.72 Å². The second kappa shape index (κ2) is 7.42.